The molecule has 10 heteroatoms. The summed E-state index contributed by atoms with van der Waals surface area (Å²) in [6, 6.07) is 14.0. The van der Waals surface area contributed by atoms with E-state index in [4.69, 9.17) is 4.42 Å². The second-order valence-corrected chi connectivity index (χ2v) is 8.35. The summed E-state index contributed by atoms with van der Waals surface area (Å²) in [7, 11) is 1.15. The predicted molar refractivity (Wildman–Crippen MR) is 122 cm³/mol. The number of esters is 1. The van der Waals surface area contributed by atoms with E-state index in [9.17, 15) is 23.2 Å². The average Bonchev–Trinajstić information content (AvgIpc) is 3.14. The van der Waals surface area contributed by atoms with Gasteiger partial charge in [0.1, 0.15) is 23.5 Å². The molecule has 0 aliphatic carbocycles. The van der Waals surface area contributed by atoms with Crippen LogP contribution in [0.1, 0.15) is 10.4 Å². The van der Waals surface area contributed by atoms with E-state index in [-0.39, 0.29) is 20.6 Å². The standard InChI is InChI=1S/C24H14F2N2O5S/c1-32-20(29)11-28-21-17(26)8-13(25)9-19(21)34-24(28)27-22(30)16-10-15-14-5-3-2-4-12(14)6-7-18(15)33-23(16)31/h2-10H,11H2,1H3. The lowest BCUT2D eigenvalue weighted by Gasteiger charge is -2.05. The zero-order valence-corrected chi connectivity index (χ0v) is 18.3. The predicted octanol–water partition coefficient (Wildman–Crippen LogP) is 4.15. The highest BCUT2D eigenvalue weighted by Gasteiger charge is 2.19. The lowest BCUT2D eigenvalue weighted by molar-refractivity contribution is -0.141. The van der Waals surface area contributed by atoms with Crippen molar-refractivity contribution in [2.75, 3.05) is 7.11 Å². The monoisotopic (exact) mass is 480 g/mol. The molecule has 0 atom stereocenters. The minimum absolute atomic E-state index is 0.104. The number of thiazole rings is 1. The Balaban J connectivity index is 1.72. The third-order valence-corrected chi connectivity index (χ3v) is 6.31. The van der Waals surface area contributed by atoms with Gasteiger partial charge in [-0.15, -0.1) is 0 Å². The maximum Gasteiger partial charge on any atom is 0.349 e. The molecule has 2 aromatic heterocycles. The van der Waals surface area contributed by atoms with Crippen LogP contribution in [0, 0.1) is 11.6 Å². The molecule has 7 nitrogen and oxygen atoms in total. The topological polar surface area (TPSA) is 90.9 Å². The summed E-state index contributed by atoms with van der Waals surface area (Å²) >= 11 is 0.795. The molecule has 2 heterocycles. The number of benzene rings is 3. The van der Waals surface area contributed by atoms with Gasteiger partial charge in [0.25, 0.3) is 5.91 Å². The molecule has 0 N–H and O–H groups in total. The minimum atomic E-state index is -0.949. The first kappa shape index (κ1) is 21.7. The summed E-state index contributed by atoms with van der Waals surface area (Å²) in [5, 5.41) is 2.21. The first-order chi connectivity index (χ1) is 16.4. The number of amides is 1. The van der Waals surface area contributed by atoms with E-state index in [2.05, 4.69) is 9.73 Å². The van der Waals surface area contributed by atoms with Crippen molar-refractivity contribution >= 4 is 55.2 Å². The number of carbonyl (C=O) groups is 2. The smallest absolute Gasteiger partial charge is 0.349 e. The van der Waals surface area contributed by atoms with Gasteiger partial charge in [-0.05, 0) is 29.0 Å². The first-order valence-corrected chi connectivity index (χ1v) is 10.8. The van der Waals surface area contributed by atoms with Gasteiger partial charge >= 0.3 is 11.6 Å². The van der Waals surface area contributed by atoms with Crippen molar-refractivity contribution in [2.45, 2.75) is 6.54 Å². The largest absolute Gasteiger partial charge is 0.468 e. The molecule has 0 bridgehead atoms. The molecule has 0 fully saturated rings. The number of ether oxygens (including phenoxy) is 1. The molecule has 170 valence electrons. The average molecular weight is 480 g/mol. The Labute approximate surface area is 193 Å². The van der Waals surface area contributed by atoms with Crippen LogP contribution in [0.2, 0.25) is 0 Å². The summed E-state index contributed by atoms with van der Waals surface area (Å²) in [4.78, 5) is 41.3. The zero-order chi connectivity index (χ0) is 24.0. The Morgan fingerprint density at radius 2 is 1.88 bits per heavy atom. The van der Waals surface area contributed by atoms with Crippen molar-refractivity contribution in [2.24, 2.45) is 4.99 Å². The number of carbonyl (C=O) groups excluding carboxylic acids is 2. The molecule has 5 aromatic rings. The molecule has 0 spiro atoms. The fourth-order valence-electron chi connectivity index (χ4n) is 3.72. The summed E-state index contributed by atoms with van der Waals surface area (Å²) in [5.74, 6) is -3.43. The van der Waals surface area contributed by atoms with Crippen molar-refractivity contribution in [1.29, 1.82) is 0 Å². The van der Waals surface area contributed by atoms with E-state index >= 15 is 0 Å². The molecule has 0 unspecified atom stereocenters. The van der Waals surface area contributed by atoms with E-state index < -0.39 is 35.7 Å². The molecular weight excluding hydrogens is 466 g/mol. The summed E-state index contributed by atoms with van der Waals surface area (Å²) in [5.41, 5.74) is -1.03. The highest BCUT2D eigenvalue weighted by atomic mass is 32.1. The van der Waals surface area contributed by atoms with E-state index in [1.165, 1.54) is 6.07 Å². The van der Waals surface area contributed by atoms with Crippen molar-refractivity contribution in [3.63, 3.8) is 0 Å². The van der Waals surface area contributed by atoms with Gasteiger partial charge in [-0.25, -0.2) is 13.6 Å². The maximum atomic E-state index is 14.5. The Morgan fingerprint density at radius 1 is 1.09 bits per heavy atom. The van der Waals surface area contributed by atoms with Crippen LogP contribution in [0.25, 0.3) is 32.0 Å². The van der Waals surface area contributed by atoms with E-state index in [1.54, 1.807) is 12.1 Å². The van der Waals surface area contributed by atoms with Gasteiger partial charge in [0.2, 0.25) is 0 Å². The molecule has 34 heavy (non-hydrogen) atoms. The number of fused-ring (bicyclic) bond motifs is 4. The van der Waals surface area contributed by atoms with Crippen molar-refractivity contribution in [3.8, 4) is 0 Å². The summed E-state index contributed by atoms with van der Waals surface area (Å²) < 4.78 is 39.5. The quantitative estimate of drug-likeness (QED) is 0.220. The molecular formula is C24H14F2N2O5S. The van der Waals surface area contributed by atoms with Crippen LogP contribution in [0.4, 0.5) is 8.78 Å². The normalized spacial score (nSPS) is 12.0. The maximum absolute atomic E-state index is 14.5. The van der Waals surface area contributed by atoms with Gasteiger partial charge in [-0.2, -0.15) is 4.99 Å². The number of nitrogens with zero attached hydrogens (tertiary/aromatic N) is 2. The van der Waals surface area contributed by atoms with Crippen molar-refractivity contribution < 1.29 is 27.5 Å². The van der Waals surface area contributed by atoms with Crippen LogP contribution in [0.15, 0.2) is 68.8 Å². The van der Waals surface area contributed by atoms with E-state index in [0.29, 0.717) is 17.0 Å². The molecule has 0 saturated heterocycles. The highest BCUT2D eigenvalue weighted by Crippen LogP contribution is 2.25. The lowest BCUT2D eigenvalue weighted by Crippen LogP contribution is -2.24. The number of hydrogen-bond acceptors (Lipinski definition) is 6. The Morgan fingerprint density at radius 3 is 2.68 bits per heavy atom. The van der Waals surface area contributed by atoms with Gasteiger partial charge in [0.15, 0.2) is 10.6 Å². The Bertz CT molecular complexity index is 1770. The van der Waals surface area contributed by atoms with Crippen LogP contribution in [-0.2, 0) is 16.1 Å². The Kier molecular flexibility index (Phi) is 5.29. The number of rotatable bonds is 3. The van der Waals surface area contributed by atoms with Gasteiger partial charge in [0, 0.05) is 11.5 Å². The molecule has 0 radical (unpaired) electrons. The van der Waals surface area contributed by atoms with Crippen molar-refractivity contribution in [1.82, 2.24) is 4.57 Å². The van der Waals surface area contributed by atoms with Crippen LogP contribution in [0.5, 0.6) is 0 Å². The first-order valence-electron chi connectivity index (χ1n) is 9.95. The van der Waals surface area contributed by atoms with Gasteiger partial charge < -0.3 is 13.7 Å². The van der Waals surface area contributed by atoms with Crippen LogP contribution < -0.4 is 10.4 Å². The third-order valence-electron chi connectivity index (χ3n) is 5.28. The number of halogens is 2. The molecule has 1 amide bonds. The zero-order valence-electron chi connectivity index (χ0n) is 17.5. The van der Waals surface area contributed by atoms with Crippen LogP contribution >= 0.6 is 11.3 Å². The van der Waals surface area contributed by atoms with Gasteiger partial charge in [-0.3, -0.25) is 9.59 Å². The molecule has 0 aliphatic heterocycles. The van der Waals surface area contributed by atoms with Crippen molar-refractivity contribution in [3.05, 3.63) is 87.0 Å². The van der Waals surface area contributed by atoms with E-state index in [1.807, 2.05) is 24.3 Å². The number of hydrogen-bond donors (Lipinski definition) is 0. The molecule has 3 aromatic carbocycles. The fraction of sp³-hybridized carbons (Fsp3) is 0.0833. The molecule has 0 saturated carbocycles. The molecule has 0 aliphatic rings. The lowest BCUT2D eigenvalue weighted by atomic mass is 10.0. The fourth-order valence-corrected chi connectivity index (χ4v) is 4.79. The second kappa shape index (κ2) is 8.31. The Hall–Kier alpha value is -4.18. The highest BCUT2D eigenvalue weighted by molar-refractivity contribution is 7.16. The number of aromatic nitrogens is 1. The van der Waals surface area contributed by atoms with Crippen LogP contribution in [0.3, 0.4) is 0 Å². The number of methoxy groups -OCH3 is 1. The van der Waals surface area contributed by atoms with Crippen LogP contribution in [-0.4, -0.2) is 23.6 Å². The summed E-state index contributed by atoms with van der Waals surface area (Å²) in [6.07, 6.45) is 0. The minimum Gasteiger partial charge on any atom is -0.468 e. The van der Waals surface area contributed by atoms with Gasteiger partial charge in [-0.1, -0.05) is 41.7 Å². The molecule has 5 rings (SSSR count). The second-order valence-electron chi connectivity index (χ2n) is 7.34. The van der Waals surface area contributed by atoms with E-state index in [0.717, 1.165) is 39.9 Å². The SMILES string of the molecule is COC(=O)Cn1c(=NC(=O)c2cc3c(ccc4ccccc43)oc2=O)sc2cc(F)cc(F)c21. The summed E-state index contributed by atoms with van der Waals surface area (Å²) in [6.45, 7) is -0.470. The third kappa shape index (κ3) is 3.67. The van der Waals surface area contributed by atoms with Gasteiger partial charge in [0.05, 0.1) is 17.3 Å².